The second kappa shape index (κ2) is 5.14. The highest BCUT2D eigenvalue weighted by molar-refractivity contribution is 8.08. The lowest BCUT2D eigenvalue weighted by molar-refractivity contribution is 0.0600. The van der Waals surface area contributed by atoms with Crippen molar-refractivity contribution in [1.29, 1.82) is 0 Å². The van der Waals surface area contributed by atoms with E-state index in [-0.39, 0.29) is 10.5 Å². The van der Waals surface area contributed by atoms with Crippen molar-refractivity contribution in [3.63, 3.8) is 0 Å². The van der Waals surface area contributed by atoms with Crippen LogP contribution in [0.4, 0.5) is 0 Å². The van der Waals surface area contributed by atoms with Crippen LogP contribution in [0, 0.1) is 0 Å². The number of halogens is 1. The molecule has 0 aliphatic carbocycles. The van der Waals surface area contributed by atoms with Gasteiger partial charge in [-0.05, 0) is 28.9 Å². The maximum Gasteiger partial charge on any atom is 0.337 e. The first-order valence-corrected chi connectivity index (χ1v) is 5.92. The summed E-state index contributed by atoms with van der Waals surface area (Å²) in [5.74, 6) is -0.142. The van der Waals surface area contributed by atoms with Gasteiger partial charge in [0.05, 0.1) is 24.7 Å². The number of carbonyl (C=O) groups excluding carboxylic acids is 1. The standard InChI is InChI=1S/C9H9ClO4S/c1-13-7-4-3-6(9(11)14-2)5-8(7)15(10)12/h3-5H,1-2H3. The first-order chi connectivity index (χ1) is 7.10. The molecule has 1 rings (SSSR count). The summed E-state index contributed by atoms with van der Waals surface area (Å²) in [4.78, 5) is 11.4. The van der Waals surface area contributed by atoms with Gasteiger partial charge in [0.25, 0.3) is 0 Å². The molecule has 1 aromatic rings. The number of methoxy groups -OCH3 is 2. The Balaban J connectivity index is 3.22. The number of hydrogen-bond donors (Lipinski definition) is 0. The number of rotatable bonds is 3. The van der Waals surface area contributed by atoms with Crippen LogP contribution in [0.15, 0.2) is 23.1 Å². The minimum atomic E-state index is -1.73. The zero-order valence-electron chi connectivity index (χ0n) is 8.15. The molecule has 4 nitrogen and oxygen atoms in total. The van der Waals surface area contributed by atoms with Gasteiger partial charge in [-0.3, -0.25) is 0 Å². The summed E-state index contributed by atoms with van der Waals surface area (Å²) in [7, 11) is 6.42. The van der Waals surface area contributed by atoms with Gasteiger partial charge in [-0.15, -0.1) is 0 Å². The average molecular weight is 249 g/mol. The molecule has 0 amide bonds. The van der Waals surface area contributed by atoms with Gasteiger partial charge in [-0.2, -0.15) is 0 Å². The lowest BCUT2D eigenvalue weighted by Gasteiger charge is -2.06. The van der Waals surface area contributed by atoms with Crippen LogP contribution < -0.4 is 4.74 Å². The third-order valence-corrected chi connectivity index (χ3v) is 2.92. The fourth-order valence-electron chi connectivity index (χ4n) is 1.05. The first kappa shape index (κ1) is 12.0. The van der Waals surface area contributed by atoms with Crippen LogP contribution in [0.3, 0.4) is 0 Å². The summed E-state index contributed by atoms with van der Waals surface area (Å²) >= 11 is 0. The van der Waals surface area contributed by atoms with Crippen molar-refractivity contribution in [2.75, 3.05) is 14.2 Å². The van der Waals surface area contributed by atoms with E-state index in [1.165, 1.54) is 32.4 Å². The molecule has 6 heteroatoms. The van der Waals surface area contributed by atoms with Crippen molar-refractivity contribution in [3.8, 4) is 5.75 Å². The Morgan fingerprint density at radius 3 is 2.53 bits per heavy atom. The summed E-state index contributed by atoms with van der Waals surface area (Å²) in [5, 5.41) is 0. The molecule has 1 aromatic carbocycles. The number of carbonyl (C=O) groups is 1. The molecule has 15 heavy (non-hydrogen) atoms. The zero-order valence-corrected chi connectivity index (χ0v) is 9.72. The summed E-state index contributed by atoms with van der Waals surface area (Å²) in [6.45, 7) is 0. The Hall–Kier alpha value is -1.07. The minimum absolute atomic E-state index is 0.252. The fraction of sp³-hybridized carbons (Fsp3) is 0.222. The second-order valence-corrected chi connectivity index (χ2v) is 4.31. The molecule has 0 aliphatic heterocycles. The summed E-state index contributed by atoms with van der Waals surface area (Å²) in [6.07, 6.45) is 0. The van der Waals surface area contributed by atoms with Crippen LogP contribution in [0.5, 0.6) is 5.75 Å². The monoisotopic (exact) mass is 248 g/mol. The normalized spacial score (nSPS) is 11.9. The number of benzene rings is 1. The third kappa shape index (κ3) is 2.70. The van der Waals surface area contributed by atoms with Gasteiger partial charge in [0, 0.05) is 0 Å². The van der Waals surface area contributed by atoms with E-state index in [0.29, 0.717) is 5.75 Å². The van der Waals surface area contributed by atoms with Gasteiger partial charge in [0.15, 0.2) is 10.0 Å². The Labute approximate surface area is 94.1 Å². The maximum absolute atomic E-state index is 11.2. The third-order valence-electron chi connectivity index (χ3n) is 1.76. The molecule has 1 atom stereocenters. The molecule has 0 radical (unpaired) electrons. The predicted octanol–water partition coefficient (Wildman–Crippen LogP) is 1.74. The second-order valence-electron chi connectivity index (χ2n) is 2.58. The topological polar surface area (TPSA) is 52.6 Å². The van der Waals surface area contributed by atoms with Crippen LogP contribution in [-0.2, 0) is 14.7 Å². The SMILES string of the molecule is COC(=O)c1ccc(OC)c(S(=O)Cl)c1. The van der Waals surface area contributed by atoms with E-state index in [1.54, 1.807) is 0 Å². The van der Waals surface area contributed by atoms with Crippen molar-refractivity contribution < 1.29 is 18.5 Å². The average Bonchev–Trinajstić information content (AvgIpc) is 2.27. The van der Waals surface area contributed by atoms with Gasteiger partial charge in [-0.25, -0.2) is 9.00 Å². The molecule has 0 saturated carbocycles. The van der Waals surface area contributed by atoms with Crippen LogP contribution in [-0.4, -0.2) is 24.4 Å². The molecule has 1 unspecified atom stereocenters. The highest BCUT2D eigenvalue weighted by atomic mass is 35.7. The smallest absolute Gasteiger partial charge is 0.337 e. The Bertz CT molecular complexity index is 405. The molecule has 0 bridgehead atoms. The number of ether oxygens (including phenoxy) is 2. The molecular formula is C9H9ClO4S. The Kier molecular flexibility index (Phi) is 4.11. The van der Waals surface area contributed by atoms with Crippen molar-refractivity contribution >= 4 is 26.7 Å². The molecule has 0 fully saturated rings. The van der Waals surface area contributed by atoms with E-state index in [2.05, 4.69) is 4.74 Å². The summed E-state index contributed by atoms with van der Waals surface area (Å²) < 4.78 is 20.6. The molecule has 0 aliphatic rings. The maximum atomic E-state index is 11.2. The van der Waals surface area contributed by atoms with E-state index >= 15 is 0 Å². The van der Waals surface area contributed by atoms with Gasteiger partial charge in [-0.1, -0.05) is 0 Å². The van der Waals surface area contributed by atoms with Crippen molar-refractivity contribution in [2.24, 2.45) is 0 Å². The van der Waals surface area contributed by atoms with Crippen LogP contribution >= 0.6 is 10.7 Å². The van der Waals surface area contributed by atoms with E-state index in [9.17, 15) is 9.00 Å². The molecule has 82 valence electrons. The summed E-state index contributed by atoms with van der Waals surface area (Å²) in [6, 6.07) is 4.41. The zero-order chi connectivity index (χ0) is 11.4. The molecule has 0 saturated heterocycles. The van der Waals surface area contributed by atoms with E-state index < -0.39 is 16.0 Å². The summed E-state index contributed by atoms with van der Waals surface area (Å²) in [5.41, 5.74) is 0.280. The molecule has 0 aromatic heterocycles. The van der Waals surface area contributed by atoms with Gasteiger partial charge in [0.1, 0.15) is 5.75 Å². The van der Waals surface area contributed by atoms with Crippen molar-refractivity contribution in [3.05, 3.63) is 23.8 Å². The van der Waals surface area contributed by atoms with Crippen LogP contribution in [0.25, 0.3) is 0 Å². The Morgan fingerprint density at radius 2 is 2.07 bits per heavy atom. The lowest BCUT2D eigenvalue weighted by atomic mass is 10.2. The highest BCUT2D eigenvalue weighted by Gasteiger charge is 2.13. The first-order valence-electron chi connectivity index (χ1n) is 3.94. The molecule has 0 spiro atoms. The van der Waals surface area contributed by atoms with Gasteiger partial charge < -0.3 is 9.47 Å². The van der Waals surface area contributed by atoms with E-state index in [4.69, 9.17) is 15.4 Å². The van der Waals surface area contributed by atoms with E-state index in [0.717, 1.165) is 0 Å². The van der Waals surface area contributed by atoms with Crippen molar-refractivity contribution in [2.45, 2.75) is 4.90 Å². The molecule has 0 heterocycles. The van der Waals surface area contributed by atoms with Crippen LogP contribution in [0.2, 0.25) is 0 Å². The quantitative estimate of drug-likeness (QED) is 0.604. The van der Waals surface area contributed by atoms with Crippen molar-refractivity contribution in [1.82, 2.24) is 0 Å². The predicted molar refractivity (Wildman–Crippen MR) is 56.6 cm³/mol. The fourth-order valence-corrected chi connectivity index (χ4v) is 1.94. The lowest BCUT2D eigenvalue weighted by Crippen LogP contribution is -2.02. The van der Waals surface area contributed by atoms with Gasteiger partial charge in [0.2, 0.25) is 0 Å². The molecular weight excluding hydrogens is 240 g/mol. The largest absolute Gasteiger partial charge is 0.495 e. The number of hydrogen-bond acceptors (Lipinski definition) is 4. The molecule has 0 N–H and O–H groups in total. The highest BCUT2D eigenvalue weighted by Crippen LogP contribution is 2.25. The van der Waals surface area contributed by atoms with E-state index in [1.807, 2.05) is 0 Å². The Morgan fingerprint density at radius 1 is 1.40 bits per heavy atom. The van der Waals surface area contributed by atoms with Crippen LogP contribution in [0.1, 0.15) is 10.4 Å². The van der Waals surface area contributed by atoms with Gasteiger partial charge >= 0.3 is 5.97 Å². The minimum Gasteiger partial charge on any atom is -0.495 e. The number of esters is 1.